The third-order valence-electron chi connectivity index (χ3n) is 4.38. The minimum absolute atomic E-state index is 0.108. The first-order valence-corrected chi connectivity index (χ1v) is 6.83. The van der Waals surface area contributed by atoms with E-state index in [9.17, 15) is 0 Å². The van der Waals surface area contributed by atoms with Crippen LogP contribution in [0.2, 0.25) is 0 Å². The van der Waals surface area contributed by atoms with Gasteiger partial charge in [0.25, 0.3) is 0 Å². The lowest BCUT2D eigenvalue weighted by Gasteiger charge is -2.30. The molecular formula is C14H16N4O. The number of rotatable bonds is 2. The van der Waals surface area contributed by atoms with Gasteiger partial charge < -0.3 is 9.42 Å². The molecule has 2 saturated heterocycles. The van der Waals surface area contributed by atoms with E-state index in [0.29, 0.717) is 5.82 Å². The summed E-state index contributed by atoms with van der Waals surface area (Å²) in [6, 6.07) is 3.82. The number of nitrogens with zero attached hydrogens (tertiary/aromatic N) is 4. The molecule has 5 heteroatoms. The molecule has 0 amide bonds. The van der Waals surface area contributed by atoms with Gasteiger partial charge in [-0.15, -0.1) is 0 Å². The average Bonchev–Trinajstić information content (AvgIpc) is 3.06. The van der Waals surface area contributed by atoms with E-state index in [2.05, 4.69) is 20.0 Å². The molecule has 0 radical (unpaired) electrons. The van der Waals surface area contributed by atoms with Crippen LogP contribution in [0.15, 0.2) is 29.0 Å². The third-order valence-corrected chi connectivity index (χ3v) is 4.38. The normalized spacial score (nSPS) is 29.6. The van der Waals surface area contributed by atoms with Crippen LogP contribution in [-0.4, -0.2) is 39.7 Å². The van der Waals surface area contributed by atoms with Gasteiger partial charge in [0.2, 0.25) is 11.7 Å². The summed E-state index contributed by atoms with van der Waals surface area (Å²) in [5.41, 5.74) is 1.07. The predicted molar refractivity (Wildman–Crippen MR) is 69.5 cm³/mol. The van der Waals surface area contributed by atoms with Gasteiger partial charge in [0.1, 0.15) is 0 Å². The van der Waals surface area contributed by atoms with Crippen LogP contribution >= 0.6 is 0 Å². The molecule has 2 bridgehead atoms. The molecule has 4 heterocycles. The first-order valence-electron chi connectivity index (χ1n) is 6.83. The van der Waals surface area contributed by atoms with Crippen molar-refractivity contribution in [1.29, 1.82) is 0 Å². The molecular weight excluding hydrogens is 240 g/mol. The van der Waals surface area contributed by atoms with E-state index >= 15 is 0 Å². The van der Waals surface area contributed by atoms with Crippen molar-refractivity contribution >= 4 is 0 Å². The fourth-order valence-corrected chi connectivity index (χ4v) is 3.33. The Balaban J connectivity index is 1.68. The number of fused-ring (bicyclic) bond motifs is 2. The van der Waals surface area contributed by atoms with Crippen molar-refractivity contribution in [3.05, 3.63) is 30.4 Å². The summed E-state index contributed by atoms with van der Waals surface area (Å²) in [4.78, 5) is 11.2. The lowest BCUT2D eigenvalue weighted by Crippen LogP contribution is -2.37. The minimum Gasteiger partial charge on any atom is -0.338 e. The van der Waals surface area contributed by atoms with Crippen molar-refractivity contribution < 1.29 is 4.52 Å². The van der Waals surface area contributed by atoms with Gasteiger partial charge in [0, 0.05) is 24.5 Å². The Kier molecular flexibility index (Phi) is 2.41. The van der Waals surface area contributed by atoms with Gasteiger partial charge in [-0.1, -0.05) is 5.16 Å². The van der Waals surface area contributed by atoms with E-state index in [4.69, 9.17) is 4.52 Å². The molecule has 0 aromatic carbocycles. The largest absolute Gasteiger partial charge is 0.338 e. The Morgan fingerprint density at radius 3 is 2.95 bits per heavy atom. The topological polar surface area (TPSA) is 55.1 Å². The van der Waals surface area contributed by atoms with E-state index in [1.807, 2.05) is 12.1 Å². The number of hydrogen-bond acceptors (Lipinski definition) is 5. The monoisotopic (exact) mass is 256 g/mol. The minimum atomic E-state index is 0.108. The van der Waals surface area contributed by atoms with Gasteiger partial charge >= 0.3 is 0 Å². The summed E-state index contributed by atoms with van der Waals surface area (Å²) in [7, 11) is 0. The zero-order valence-corrected chi connectivity index (χ0v) is 10.7. The van der Waals surface area contributed by atoms with Crippen LogP contribution in [0, 0.1) is 0 Å². The molecule has 19 heavy (non-hydrogen) atoms. The second-order valence-electron chi connectivity index (χ2n) is 5.57. The second kappa shape index (κ2) is 4.13. The van der Waals surface area contributed by atoms with Crippen molar-refractivity contribution in [2.24, 2.45) is 0 Å². The highest BCUT2D eigenvalue weighted by Gasteiger charge is 2.46. The van der Waals surface area contributed by atoms with Crippen LogP contribution in [0.5, 0.6) is 0 Å². The van der Waals surface area contributed by atoms with Gasteiger partial charge in [0.05, 0.1) is 5.41 Å². The third kappa shape index (κ3) is 1.76. The van der Waals surface area contributed by atoms with Gasteiger partial charge in [0.15, 0.2) is 0 Å². The molecule has 2 aliphatic heterocycles. The van der Waals surface area contributed by atoms with E-state index in [0.717, 1.165) is 31.0 Å². The van der Waals surface area contributed by atoms with Crippen molar-refractivity contribution in [1.82, 2.24) is 20.0 Å². The first-order chi connectivity index (χ1) is 9.36. The van der Waals surface area contributed by atoms with Crippen LogP contribution in [0.4, 0.5) is 0 Å². The summed E-state index contributed by atoms with van der Waals surface area (Å²) in [5, 5.41) is 4.14. The van der Waals surface area contributed by atoms with Crippen LogP contribution in [-0.2, 0) is 5.41 Å². The highest BCUT2D eigenvalue weighted by Crippen LogP contribution is 2.41. The summed E-state index contributed by atoms with van der Waals surface area (Å²) in [6.45, 7) is 3.45. The average molecular weight is 256 g/mol. The molecule has 2 aliphatic rings. The van der Waals surface area contributed by atoms with E-state index in [1.54, 1.807) is 12.4 Å². The smallest absolute Gasteiger partial charge is 0.234 e. The second-order valence-corrected chi connectivity index (χ2v) is 5.57. The van der Waals surface area contributed by atoms with Crippen molar-refractivity contribution in [2.75, 3.05) is 19.6 Å². The number of piperidine rings is 1. The Morgan fingerprint density at radius 2 is 2.05 bits per heavy atom. The molecule has 4 rings (SSSR count). The van der Waals surface area contributed by atoms with Crippen molar-refractivity contribution in [3.8, 4) is 11.4 Å². The van der Waals surface area contributed by atoms with E-state index < -0.39 is 0 Å². The maximum atomic E-state index is 5.57. The van der Waals surface area contributed by atoms with Gasteiger partial charge in [-0.2, -0.15) is 4.98 Å². The summed E-state index contributed by atoms with van der Waals surface area (Å²) >= 11 is 0. The quantitative estimate of drug-likeness (QED) is 0.821. The van der Waals surface area contributed by atoms with E-state index in [-0.39, 0.29) is 5.41 Å². The highest BCUT2D eigenvalue weighted by molar-refractivity contribution is 5.52. The Hall–Kier alpha value is -1.75. The molecule has 5 nitrogen and oxygen atoms in total. The SMILES string of the molecule is c1cc(-c2noc(C34CCCN(CC3)C4)n2)ccn1. The highest BCUT2D eigenvalue weighted by atomic mass is 16.5. The maximum Gasteiger partial charge on any atom is 0.234 e. The van der Waals surface area contributed by atoms with Crippen LogP contribution < -0.4 is 0 Å². The molecule has 2 fully saturated rings. The molecule has 0 aliphatic carbocycles. The molecule has 0 N–H and O–H groups in total. The molecule has 2 aromatic rings. The van der Waals surface area contributed by atoms with Gasteiger partial charge in [-0.05, 0) is 44.5 Å². The summed E-state index contributed by atoms with van der Waals surface area (Å²) in [5.74, 6) is 1.50. The fraction of sp³-hybridized carbons (Fsp3) is 0.500. The fourth-order valence-electron chi connectivity index (χ4n) is 3.33. The Bertz CT molecular complexity index is 578. The molecule has 2 atom stereocenters. The molecule has 0 saturated carbocycles. The van der Waals surface area contributed by atoms with Crippen LogP contribution in [0.1, 0.15) is 25.2 Å². The number of hydrogen-bond donors (Lipinski definition) is 0. The lowest BCUT2D eigenvalue weighted by atomic mass is 9.81. The maximum absolute atomic E-state index is 5.57. The number of aromatic nitrogens is 3. The number of pyridine rings is 1. The predicted octanol–water partition coefficient (Wildman–Crippen LogP) is 1.87. The molecule has 2 unspecified atom stereocenters. The zero-order valence-electron chi connectivity index (χ0n) is 10.7. The molecule has 98 valence electrons. The Labute approximate surface area is 111 Å². The zero-order chi connectivity index (χ0) is 12.7. The van der Waals surface area contributed by atoms with Gasteiger partial charge in [-0.3, -0.25) is 4.98 Å². The molecule has 0 spiro atoms. The Morgan fingerprint density at radius 1 is 1.16 bits per heavy atom. The first kappa shape index (κ1) is 11.1. The van der Waals surface area contributed by atoms with Crippen LogP contribution in [0.3, 0.4) is 0 Å². The summed E-state index contributed by atoms with van der Waals surface area (Å²) < 4.78 is 5.57. The van der Waals surface area contributed by atoms with Crippen molar-refractivity contribution in [3.63, 3.8) is 0 Å². The van der Waals surface area contributed by atoms with Crippen LogP contribution in [0.25, 0.3) is 11.4 Å². The lowest BCUT2D eigenvalue weighted by molar-refractivity contribution is 0.201. The standard InChI is InChI=1S/C14H16N4O/c1-4-14(5-9-18(8-1)10-14)13-16-12(17-19-13)11-2-6-15-7-3-11/h2-3,6-7H,1,4-5,8-10H2. The molecule has 2 aromatic heterocycles. The van der Waals surface area contributed by atoms with E-state index in [1.165, 1.54) is 19.4 Å². The van der Waals surface area contributed by atoms with Crippen molar-refractivity contribution in [2.45, 2.75) is 24.7 Å². The summed E-state index contributed by atoms with van der Waals surface area (Å²) in [6.07, 6.45) is 7.04. The van der Waals surface area contributed by atoms with Gasteiger partial charge in [-0.25, -0.2) is 0 Å².